The highest BCUT2D eigenvalue weighted by Crippen LogP contribution is 2.16. The second-order valence-corrected chi connectivity index (χ2v) is 5.53. The van der Waals surface area contributed by atoms with Gasteiger partial charge in [-0.05, 0) is 38.6 Å². The molecule has 0 aliphatic carbocycles. The highest BCUT2D eigenvalue weighted by molar-refractivity contribution is 5.76. The molecule has 19 heavy (non-hydrogen) atoms. The van der Waals surface area contributed by atoms with Crippen molar-refractivity contribution in [2.45, 2.75) is 46.6 Å². The molecule has 2 unspecified atom stereocenters. The van der Waals surface area contributed by atoms with Crippen molar-refractivity contribution in [3.8, 4) is 0 Å². The molecule has 2 atom stereocenters. The number of carbonyl (C=O) groups excluding carboxylic acids is 1. The number of nitrogens with one attached hydrogen (secondary N) is 1. The van der Waals surface area contributed by atoms with Gasteiger partial charge in [0.25, 0.3) is 0 Å². The van der Waals surface area contributed by atoms with Crippen LogP contribution in [0.25, 0.3) is 0 Å². The van der Waals surface area contributed by atoms with Crippen LogP contribution in [-0.4, -0.2) is 17.4 Å². The van der Waals surface area contributed by atoms with Gasteiger partial charge < -0.3 is 15.5 Å². The van der Waals surface area contributed by atoms with Crippen LogP contribution in [0, 0.1) is 18.8 Å². The van der Waals surface area contributed by atoms with Gasteiger partial charge in [-0.2, -0.15) is 0 Å². The highest BCUT2D eigenvalue weighted by atomic mass is 16.4. The number of aryl methyl sites for hydroxylation is 1. The zero-order chi connectivity index (χ0) is 14.4. The molecule has 0 aliphatic rings. The molecule has 0 aliphatic heterocycles. The number of aromatic nitrogens is 1. The molecule has 0 saturated carbocycles. The molecule has 5 nitrogen and oxygen atoms in total. The Morgan fingerprint density at radius 3 is 2.63 bits per heavy atom. The minimum Gasteiger partial charge on any atom is -0.444 e. The monoisotopic (exact) mass is 267 g/mol. The maximum Gasteiger partial charge on any atom is 0.220 e. The molecule has 5 heteroatoms. The van der Waals surface area contributed by atoms with Gasteiger partial charge in [0.15, 0.2) is 0 Å². The van der Waals surface area contributed by atoms with Gasteiger partial charge in [0.05, 0.1) is 6.20 Å². The topological polar surface area (TPSA) is 81.2 Å². The zero-order valence-corrected chi connectivity index (χ0v) is 12.3. The van der Waals surface area contributed by atoms with Crippen molar-refractivity contribution in [2.24, 2.45) is 17.6 Å². The number of hydrogen-bond acceptors (Lipinski definition) is 4. The van der Waals surface area contributed by atoms with Gasteiger partial charge in [-0.3, -0.25) is 4.79 Å². The molecule has 1 rings (SSSR count). The lowest BCUT2D eigenvalue weighted by Crippen LogP contribution is -2.31. The molecule has 0 fully saturated rings. The molecular weight excluding hydrogens is 242 g/mol. The third-order valence-corrected chi connectivity index (χ3v) is 3.00. The first-order valence-corrected chi connectivity index (χ1v) is 6.84. The Morgan fingerprint density at radius 2 is 2.16 bits per heavy atom. The second-order valence-electron chi connectivity index (χ2n) is 5.53. The van der Waals surface area contributed by atoms with Crippen molar-refractivity contribution in [2.75, 3.05) is 6.54 Å². The summed E-state index contributed by atoms with van der Waals surface area (Å²) in [4.78, 5) is 16.1. The summed E-state index contributed by atoms with van der Waals surface area (Å²) in [7, 11) is 0. The molecule has 1 aromatic rings. The number of amides is 1. The molecule has 1 heterocycles. The average molecular weight is 267 g/mol. The largest absolute Gasteiger partial charge is 0.444 e. The van der Waals surface area contributed by atoms with Crippen LogP contribution in [-0.2, 0) is 4.79 Å². The molecule has 0 aromatic carbocycles. The maximum atomic E-state index is 11.9. The molecule has 108 valence electrons. The van der Waals surface area contributed by atoms with Gasteiger partial charge in [-0.1, -0.05) is 13.8 Å². The van der Waals surface area contributed by atoms with Crippen LogP contribution >= 0.6 is 0 Å². The molecule has 0 radical (unpaired) electrons. The molecule has 3 N–H and O–H groups in total. The second kappa shape index (κ2) is 7.28. The SMILES string of the molecule is Cc1cnc(C(C)NC(=O)CC(CN)CC(C)C)o1. The summed E-state index contributed by atoms with van der Waals surface area (Å²) >= 11 is 0. The third kappa shape index (κ3) is 5.42. The standard InChI is InChI=1S/C14H25N3O2/c1-9(2)5-12(7-15)6-13(18)17-11(4)14-16-8-10(3)19-14/h8-9,11-12H,5-7,15H2,1-4H3,(H,17,18). The lowest BCUT2D eigenvalue weighted by molar-refractivity contribution is -0.122. The zero-order valence-electron chi connectivity index (χ0n) is 12.3. The van der Waals surface area contributed by atoms with Gasteiger partial charge in [-0.15, -0.1) is 0 Å². The minimum absolute atomic E-state index is 0.000506. The number of carbonyl (C=O) groups is 1. The number of nitrogens with two attached hydrogens (primary N) is 1. The fraction of sp³-hybridized carbons (Fsp3) is 0.714. The summed E-state index contributed by atoms with van der Waals surface area (Å²) in [6.45, 7) is 8.51. The molecule has 1 aromatic heterocycles. The van der Waals surface area contributed by atoms with Crippen LogP contribution in [0.15, 0.2) is 10.6 Å². The van der Waals surface area contributed by atoms with E-state index in [9.17, 15) is 4.79 Å². The van der Waals surface area contributed by atoms with Gasteiger partial charge in [0.1, 0.15) is 11.8 Å². The minimum atomic E-state index is -0.210. The quantitative estimate of drug-likeness (QED) is 0.793. The molecule has 0 saturated heterocycles. The van der Waals surface area contributed by atoms with Crippen molar-refractivity contribution in [3.63, 3.8) is 0 Å². The van der Waals surface area contributed by atoms with Gasteiger partial charge >= 0.3 is 0 Å². The Kier molecular flexibility index (Phi) is 6.02. The van der Waals surface area contributed by atoms with Crippen LogP contribution in [0.2, 0.25) is 0 Å². The van der Waals surface area contributed by atoms with E-state index >= 15 is 0 Å². The third-order valence-electron chi connectivity index (χ3n) is 3.00. The summed E-state index contributed by atoms with van der Waals surface area (Å²) in [6.07, 6.45) is 3.08. The van der Waals surface area contributed by atoms with E-state index in [1.165, 1.54) is 0 Å². The summed E-state index contributed by atoms with van der Waals surface area (Å²) < 4.78 is 5.39. The summed E-state index contributed by atoms with van der Waals surface area (Å²) in [5.74, 6) is 2.07. The first-order valence-electron chi connectivity index (χ1n) is 6.84. The van der Waals surface area contributed by atoms with E-state index in [0.29, 0.717) is 24.8 Å². The predicted octanol–water partition coefficient (Wildman–Crippen LogP) is 2.17. The fourth-order valence-electron chi connectivity index (χ4n) is 2.13. The van der Waals surface area contributed by atoms with E-state index in [2.05, 4.69) is 24.1 Å². The smallest absolute Gasteiger partial charge is 0.220 e. The summed E-state index contributed by atoms with van der Waals surface area (Å²) in [6, 6.07) is -0.210. The first kappa shape index (κ1) is 15.7. The van der Waals surface area contributed by atoms with Crippen LogP contribution in [0.5, 0.6) is 0 Å². The highest BCUT2D eigenvalue weighted by Gasteiger charge is 2.18. The summed E-state index contributed by atoms with van der Waals surface area (Å²) in [5.41, 5.74) is 5.70. The number of nitrogens with zero attached hydrogens (tertiary/aromatic N) is 1. The Balaban J connectivity index is 2.45. The number of rotatable bonds is 7. The van der Waals surface area contributed by atoms with E-state index in [4.69, 9.17) is 10.2 Å². The lowest BCUT2D eigenvalue weighted by Gasteiger charge is -2.18. The van der Waals surface area contributed by atoms with Crippen molar-refractivity contribution < 1.29 is 9.21 Å². The van der Waals surface area contributed by atoms with E-state index in [1.807, 2.05) is 13.8 Å². The Bertz CT molecular complexity index is 401. The molecule has 1 amide bonds. The summed E-state index contributed by atoms with van der Waals surface area (Å²) in [5, 5.41) is 2.90. The van der Waals surface area contributed by atoms with Crippen LogP contribution < -0.4 is 11.1 Å². The maximum absolute atomic E-state index is 11.9. The van der Waals surface area contributed by atoms with Crippen molar-refractivity contribution in [1.82, 2.24) is 10.3 Å². The van der Waals surface area contributed by atoms with Crippen molar-refractivity contribution >= 4 is 5.91 Å². The Hall–Kier alpha value is -1.36. The van der Waals surface area contributed by atoms with Crippen LogP contribution in [0.4, 0.5) is 0 Å². The van der Waals surface area contributed by atoms with E-state index < -0.39 is 0 Å². The van der Waals surface area contributed by atoms with E-state index in [0.717, 1.165) is 12.2 Å². The normalized spacial score (nSPS) is 14.4. The molecule has 0 bridgehead atoms. The van der Waals surface area contributed by atoms with Gasteiger partial charge in [0.2, 0.25) is 11.8 Å². The predicted molar refractivity (Wildman–Crippen MR) is 74.4 cm³/mol. The van der Waals surface area contributed by atoms with E-state index in [1.54, 1.807) is 6.20 Å². The molecule has 0 spiro atoms. The molecular formula is C14H25N3O2. The van der Waals surface area contributed by atoms with Crippen LogP contribution in [0.1, 0.15) is 51.3 Å². The number of oxazole rings is 1. The average Bonchev–Trinajstić information content (AvgIpc) is 2.74. The lowest BCUT2D eigenvalue weighted by atomic mass is 9.94. The Morgan fingerprint density at radius 1 is 1.47 bits per heavy atom. The van der Waals surface area contributed by atoms with Gasteiger partial charge in [0, 0.05) is 6.42 Å². The van der Waals surface area contributed by atoms with Gasteiger partial charge in [-0.25, -0.2) is 4.98 Å². The number of hydrogen-bond donors (Lipinski definition) is 2. The van der Waals surface area contributed by atoms with Crippen LogP contribution in [0.3, 0.4) is 0 Å². The van der Waals surface area contributed by atoms with Crippen molar-refractivity contribution in [1.29, 1.82) is 0 Å². The van der Waals surface area contributed by atoms with Crippen molar-refractivity contribution in [3.05, 3.63) is 17.8 Å². The first-order chi connectivity index (χ1) is 8.92. The Labute approximate surface area is 115 Å². The van der Waals surface area contributed by atoms with E-state index in [-0.39, 0.29) is 17.9 Å². The fourth-order valence-corrected chi connectivity index (χ4v) is 2.13.